The minimum absolute atomic E-state index is 0.107. The Morgan fingerprint density at radius 2 is 2.06 bits per heavy atom. The number of carboxylic acids is 1. The predicted octanol–water partition coefficient (Wildman–Crippen LogP) is 0.897. The van der Waals surface area contributed by atoms with Crippen molar-refractivity contribution < 1.29 is 15.0 Å². The van der Waals surface area contributed by atoms with Crippen molar-refractivity contribution in [3.63, 3.8) is 0 Å². The van der Waals surface area contributed by atoms with Crippen LogP contribution in [0.5, 0.6) is 5.75 Å². The summed E-state index contributed by atoms with van der Waals surface area (Å²) in [5.74, 6) is 3.38. The summed E-state index contributed by atoms with van der Waals surface area (Å²) in [5.41, 5.74) is 2.08. The van der Waals surface area contributed by atoms with Crippen LogP contribution >= 0.6 is 0 Å². The fourth-order valence-electron chi connectivity index (χ4n) is 1.63. The van der Waals surface area contributed by atoms with Gasteiger partial charge in [-0.3, -0.25) is 5.84 Å². The first-order valence-electron chi connectivity index (χ1n) is 4.58. The van der Waals surface area contributed by atoms with Gasteiger partial charge in [-0.25, -0.2) is 4.79 Å². The third-order valence-electron chi connectivity index (χ3n) is 2.38. The van der Waals surface area contributed by atoms with E-state index in [2.05, 4.69) is 5.43 Å². The lowest BCUT2D eigenvalue weighted by atomic mass is 10.0. The van der Waals surface area contributed by atoms with Crippen LogP contribution in [-0.4, -0.2) is 11.1 Å². The number of benzene rings is 2. The minimum atomic E-state index is -1.26. The third-order valence-corrected chi connectivity index (χ3v) is 2.38. The molecule has 0 fully saturated rings. The molecule has 2 aromatic carbocycles. The van der Waals surface area contributed by atoms with E-state index >= 15 is 0 Å². The van der Waals surface area contributed by atoms with Gasteiger partial charge in [-0.15, -0.1) is 0 Å². The maximum Gasteiger partial charge on any atom is 0.335 e. The van der Waals surface area contributed by atoms with Crippen LogP contribution in [0.3, 0.4) is 0 Å². The van der Waals surface area contributed by atoms with Crippen LogP contribution in [0.2, 0.25) is 0 Å². The number of hydrogen-bond donors (Lipinski definition) is 3. The first-order chi connectivity index (χ1) is 7.65. The lowest BCUT2D eigenvalue weighted by Crippen LogP contribution is -2.13. The molecular formula is C11H9N2O3-. The topological polar surface area (TPSA) is 98.4 Å². The van der Waals surface area contributed by atoms with Crippen LogP contribution in [-0.2, 0) is 0 Å². The Morgan fingerprint density at radius 1 is 1.38 bits per heavy atom. The van der Waals surface area contributed by atoms with Crippen molar-refractivity contribution in [3.05, 3.63) is 35.9 Å². The summed E-state index contributed by atoms with van der Waals surface area (Å²) < 4.78 is 0. The van der Waals surface area contributed by atoms with Crippen molar-refractivity contribution in [3.8, 4) is 5.75 Å². The van der Waals surface area contributed by atoms with E-state index in [4.69, 9.17) is 10.9 Å². The normalized spacial score (nSPS) is 10.3. The number of aromatic carboxylic acids is 1. The molecule has 4 N–H and O–H groups in total. The molecule has 0 aliphatic heterocycles. The van der Waals surface area contributed by atoms with E-state index in [9.17, 15) is 9.90 Å². The average Bonchev–Trinajstić information content (AvgIpc) is 2.28. The van der Waals surface area contributed by atoms with E-state index in [-0.39, 0.29) is 11.3 Å². The second-order valence-corrected chi connectivity index (χ2v) is 3.30. The van der Waals surface area contributed by atoms with Gasteiger partial charge >= 0.3 is 5.97 Å². The number of anilines is 1. The van der Waals surface area contributed by atoms with Crippen LogP contribution in [0, 0.1) is 0 Å². The van der Waals surface area contributed by atoms with Gasteiger partial charge in [0.2, 0.25) is 0 Å². The van der Waals surface area contributed by atoms with Crippen LogP contribution in [0.15, 0.2) is 30.3 Å². The fraction of sp³-hybridized carbons (Fsp3) is 0. The highest BCUT2D eigenvalue weighted by Gasteiger charge is 2.10. The van der Waals surface area contributed by atoms with Gasteiger partial charge in [0.15, 0.2) is 0 Å². The van der Waals surface area contributed by atoms with Crippen molar-refractivity contribution >= 4 is 22.4 Å². The number of hydrazine groups is 1. The molecule has 82 valence electrons. The number of nitrogens with one attached hydrogen (secondary N) is 1. The summed E-state index contributed by atoms with van der Waals surface area (Å²) in [7, 11) is 0. The lowest BCUT2D eigenvalue weighted by molar-refractivity contribution is -0.267. The molecule has 0 aliphatic carbocycles. The van der Waals surface area contributed by atoms with E-state index in [1.807, 2.05) is 0 Å². The maximum absolute atomic E-state index is 11.7. The van der Waals surface area contributed by atoms with Gasteiger partial charge in [0.25, 0.3) is 0 Å². The minimum Gasteiger partial charge on any atom is -0.870 e. The molecule has 0 heterocycles. The lowest BCUT2D eigenvalue weighted by Gasteiger charge is -2.18. The highest BCUT2D eigenvalue weighted by atomic mass is 16.4. The van der Waals surface area contributed by atoms with Crippen LogP contribution in [0.25, 0.3) is 10.8 Å². The molecule has 0 saturated heterocycles. The summed E-state index contributed by atoms with van der Waals surface area (Å²) in [5, 5.41) is 21.9. The number of fused-ring (bicyclic) bond motifs is 1. The molecule has 0 spiro atoms. The zero-order valence-corrected chi connectivity index (χ0v) is 8.23. The monoisotopic (exact) mass is 217 g/mol. The van der Waals surface area contributed by atoms with Gasteiger partial charge in [-0.05, 0) is 11.5 Å². The van der Waals surface area contributed by atoms with Gasteiger partial charge < -0.3 is 15.6 Å². The summed E-state index contributed by atoms with van der Waals surface area (Å²) in [6, 6.07) is 8.29. The molecule has 0 unspecified atom stereocenters. The number of hydrogen-bond acceptors (Lipinski definition) is 4. The number of nitrogens with two attached hydrogens (primary N) is 1. The van der Waals surface area contributed by atoms with Crippen molar-refractivity contribution in [2.75, 3.05) is 5.43 Å². The zero-order valence-electron chi connectivity index (χ0n) is 8.23. The smallest absolute Gasteiger partial charge is 0.335 e. The predicted molar refractivity (Wildman–Crippen MR) is 58.2 cm³/mol. The second-order valence-electron chi connectivity index (χ2n) is 3.30. The third kappa shape index (κ3) is 1.43. The van der Waals surface area contributed by atoms with E-state index in [0.717, 1.165) is 0 Å². The van der Waals surface area contributed by atoms with Gasteiger partial charge in [-0.2, -0.15) is 0 Å². The molecule has 0 saturated carbocycles. The van der Waals surface area contributed by atoms with Crippen LogP contribution in [0.4, 0.5) is 5.69 Å². The first-order valence-corrected chi connectivity index (χ1v) is 4.58. The standard InChI is InChI=1S/C11H10N2O3/c12-13-9-7-4-2-1-3-6(7)5-8(10(9)14)11(15)16/h1-5,13-14H,12H2,(H,15,16)/p-1. The molecule has 0 atom stereocenters. The van der Waals surface area contributed by atoms with E-state index in [1.54, 1.807) is 24.3 Å². The molecule has 0 bridgehead atoms. The summed E-state index contributed by atoms with van der Waals surface area (Å²) in [4.78, 5) is 10.9. The molecule has 0 radical (unpaired) electrons. The number of carboxylic acid groups (broad SMARTS) is 1. The van der Waals surface area contributed by atoms with Crippen LogP contribution < -0.4 is 16.4 Å². The van der Waals surface area contributed by atoms with Gasteiger partial charge in [0, 0.05) is 11.1 Å². The summed E-state index contributed by atoms with van der Waals surface area (Å²) in [6.07, 6.45) is 0. The Morgan fingerprint density at radius 3 is 2.69 bits per heavy atom. The number of nitrogen functional groups attached to an aromatic ring is 1. The van der Waals surface area contributed by atoms with Gasteiger partial charge in [0.05, 0.1) is 5.56 Å². The average molecular weight is 217 g/mol. The van der Waals surface area contributed by atoms with Crippen molar-refractivity contribution in [2.45, 2.75) is 0 Å². The summed E-state index contributed by atoms with van der Waals surface area (Å²) >= 11 is 0. The molecule has 0 aliphatic rings. The zero-order chi connectivity index (χ0) is 11.7. The Kier molecular flexibility index (Phi) is 2.38. The van der Waals surface area contributed by atoms with E-state index < -0.39 is 11.7 Å². The number of carbonyl (C=O) groups is 1. The van der Waals surface area contributed by atoms with Crippen LogP contribution in [0.1, 0.15) is 10.4 Å². The molecule has 5 heteroatoms. The molecule has 2 rings (SSSR count). The molecule has 0 amide bonds. The quantitative estimate of drug-likeness (QED) is 0.512. The molecule has 16 heavy (non-hydrogen) atoms. The number of rotatable bonds is 2. The maximum atomic E-state index is 11.7. The summed E-state index contributed by atoms with van der Waals surface area (Å²) in [6.45, 7) is 0. The largest absolute Gasteiger partial charge is 0.870 e. The van der Waals surface area contributed by atoms with E-state index in [1.165, 1.54) is 6.07 Å². The first kappa shape index (κ1) is 10.3. The Labute approximate surface area is 91.1 Å². The van der Waals surface area contributed by atoms with E-state index in [0.29, 0.717) is 10.8 Å². The van der Waals surface area contributed by atoms with Crippen molar-refractivity contribution in [1.29, 1.82) is 0 Å². The Hall–Kier alpha value is -2.27. The Bertz CT molecular complexity index is 566. The highest BCUT2D eigenvalue weighted by molar-refractivity contribution is 6.04. The molecule has 5 nitrogen and oxygen atoms in total. The Balaban J connectivity index is 2.88. The van der Waals surface area contributed by atoms with Gasteiger partial charge in [-0.1, -0.05) is 30.0 Å². The SMILES string of the molecule is NNc1c([O-])c(C(=O)O)cc2ccccc12. The highest BCUT2D eigenvalue weighted by Crippen LogP contribution is 2.33. The second kappa shape index (κ2) is 3.71. The molecule has 0 aromatic heterocycles. The van der Waals surface area contributed by atoms with Gasteiger partial charge in [0.1, 0.15) is 0 Å². The molecular weight excluding hydrogens is 208 g/mol. The fourth-order valence-corrected chi connectivity index (χ4v) is 1.63. The van der Waals surface area contributed by atoms with Crippen molar-refractivity contribution in [2.24, 2.45) is 5.84 Å². The molecule has 2 aromatic rings. The van der Waals surface area contributed by atoms with Crippen molar-refractivity contribution in [1.82, 2.24) is 0 Å².